The normalized spacial score (nSPS) is 12.3. The monoisotopic (exact) mass is 358 g/mol. The van der Waals surface area contributed by atoms with E-state index < -0.39 is 0 Å². The van der Waals surface area contributed by atoms with E-state index in [1.165, 1.54) is 0 Å². The first kappa shape index (κ1) is 17.1. The first-order valence-corrected chi connectivity index (χ1v) is 9.04. The molecule has 2 heterocycles. The lowest BCUT2D eigenvalue weighted by Gasteiger charge is -2.12. The van der Waals surface area contributed by atoms with E-state index >= 15 is 0 Å². The quantitative estimate of drug-likeness (QED) is 0.566. The second-order valence-electron chi connectivity index (χ2n) is 6.79. The molecule has 2 aromatic heterocycles. The second kappa shape index (κ2) is 6.76. The van der Waals surface area contributed by atoms with Crippen LogP contribution in [0.5, 0.6) is 0 Å². The number of carbonyl (C=O) groups excluding carboxylic acids is 1. The van der Waals surface area contributed by atoms with Gasteiger partial charge in [-0.05, 0) is 51.1 Å². The Morgan fingerprint density at radius 3 is 2.52 bits per heavy atom. The molecule has 0 bridgehead atoms. The van der Waals surface area contributed by atoms with Gasteiger partial charge < -0.3 is 14.9 Å². The van der Waals surface area contributed by atoms with Gasteiger partial charge in [-0.2, -0.15) is 0 Å². The highest BCUT2D eigenvalue weighted by molar-refractivity contribution is 5.96. The van der Waals surface area contributed by atoms with E-state index in [0.29, 0.717) is 5.56 Å². The number of H-pyrrole nitrogens is 1. The predicted molar refractivity (Wildman–Crippen MR) is 107 cm³/mol. The number of fused-ring (bicyclic) bond motifs is 1. The van der Waals surface area contributed by atoms with Gasteiger partial charge in [0.15, 0.2) is 0 Å². The zero-order chi connectivity index (χ0) is 19.0. The number of aromatic amines is 1. The van der Waals surface area contributed by atoms with Gasteiger partial charge in [-0.3, -0.25) is 4.79 Å². The number of benzene rings is 2. The largest absolute Gasteiger partial charge is 0.342 e. The maximum absolute atomic E-state index is 12.9. The van der Waals surface area contributed by atoms with Gasteiger partial charge in [0.1, 0.15) is 5.82 Å². The molecule has 0 aliphatic rings. The summed E-state index contributed by atoms with van der Waals surface area (Å²) >= 11 is 0. The molecule has 2 aromatic carbocycles. The third kappa shape index (κ3) is 3.12. The number of carbonyl (C=O) groups is 1. The smallest absolute Gasteiger partial charge is 0.253 e. The fourth-order valence-electron chi connectivity index (χ4n) is 3.49. The number of para-hydroxylation sites is 3. The van der Waals surface area contributed by atoms with E-state index in [1.54, 1.807) is 0 Å². The molecule has 0 radical (unpaired) electrons. The fraction of sp³-hybridized carbons (Fsp3) is 0.182. The summed E-state index contributed by atoms with van der Waals surface area (Å²) in [5.41, 5.74) is 5.55. The Morgan fingerprint density at radius 2 is 1.78 bits per heavy atom. The standard InChI is InChI=1S/C22H22N4O/c1-14-13-18(16(3)26(14)17-9-5-4-6-10-17)22(27)23-15(2)21-24-19-11-7-8-12-20(19)25-21/h4-13,15H,1-3H3,(H,23,27)(H,24,25). The van der Waals surface area contributed by atoms with Gasteiger partial charge in [-0.25, -0.2) is 4.98 Å². The van der Waals surface area contributed by atoms with Crippen LogP contribution in [0.15, 0.2) is 60.7 Å². The minimum atomic E-state index is -0.218. The molecule has 0 aliphatic heterocycles. The zero-order valence-corrected chi connectivity index (χ0v) is 15.7. The summed E-state index contributed by atoms with van der Waals surface area (Å²) in [5, 5.41) is 3.06. The summed E-state index contributed by atoms with van der Waals surface area (Å²) in [6, 6.07) is 19.6. The van der Waals surface area contributed by atoms with Gasteiger partial charge in [-0.15, -0.1) is 0 Å². The summed E-state index contributed by atoms with van der Waals surface area (Å²) in [6.45, 7) is 5.92. The van der Waals surface area contributed by atoms with Crippen LogP contribution in [0.25, 0.3) is 16.7 Å². The number of hydrogen-bond donors (Lipinski definition) is 2. The van der Waals surface area contributed by atoms with Crippen LogP contribution in [-0.4, -0.2) is 20.4 Å². The molecule has 0 aliphatic carbocycles. The van der Waals surface area contributed by atoms with Gasteiger partial charge in [0.25, 0.3) is 5.91 Å². The maximum atomic E-state index is 12.9. The average Bonchev–Trinajstić information content (AvgIpc) is 3.23. The molecule has 1 unspecified atom stereocenters. The Kier molecular flexibility index (Phi) is 4.28. The van der Waals surface area contributed by atoms with Gasteiger partial charge in [0.2, 0.25) is 0 Å². The van der Waals surface area contributed by atoms with Gasteiger partial charge in [0, 0.05) is 17.1 Å². The van der Waals surface area contributed by atoms with Crippen LogP contribution in [0.2, 0.25) is 0 Å². The molecule has 1 amide bonds. The Labute approximate surface area is 158 Å². The van der Waals surface area contributed by atoms with E-state index in [0.717, 1.165) is 33.9 Å². The van der Waals surface area contributed by atoms with Crippen LogP contribution in [0.3, 0.4) is 0 Å². The van der Waals surface area contributed by atoms with Crippen molar-refractivity contribution >= 4 is 16.9 Å². The first-order chi connectivity index (χ1) is 13.0. The van der Waals surface area contributed by atoms with Crippen molar-refractivity contribution in [1.29, 1.82) is 0 Å². The summed E-state index contributed by atoms with van der Waals surface area (Å²) in [7, 11) is 0. The van der Waals surface area contributed by atoms with E-state index in [9.17, 15) is 4.79 Å². The first-order valence-electron chi connectivity index (χ1n) is 9.04. The van der Waals surface area contributed by atoms with Crippen molar-refractivity contribution < 1.29 is 4.79 Å². The summed E-state index contributed by atoms with van der Waals surface area (Å²) in [5.74, 6) is 0.652. The fourth-order valence-corrected chi connectivity index (χ4v) is 3.49. The van der Waals surface area contributed by atoms with Crippen molar-refractivity contribution in [2.24, 2.45) is 0 Å². The zero-order valence-electron chi connectivity index (χ0n) is 15.7. The number of nitrogens with zero attached hydrogens (tertiary/aromatic N) is 2. The lowest BCUT2D eigenvalue weighted by Crippen LogP contribution is -2.27. The number of hydrogen-bond acceptors (Lipinski definition) is 2. The number of aryl methyl sites for hydroxylation is 1. The summed E-state index contributed by atoms with van der Waals surface area (Å²) < 4.78 is 2.10. The van der Waals surface area contributed by atoms with Gasteiger partial charge in [-0.1, -0.05) is 30.3 Å². The second-order valence-corrected chi connectivity index (χ2v) is 6.79. The lowest BCUT2D eigenvalue weighted by atomic mass is 10.2. The molecule has 136 valence electrons. The molecule has 0 spiro atoms. The molecule has 4 rings (SSSR count). The van der Waals surface area contributed by atoms with Gasteiger partial charge in [0.05, 0.1) is 22.6 Å². The number of nitrogens with one attached hydrogen (secondary N) is 2. The highest BCUT2D eigenvalue weighted by Crippen LogP contribution is 2.22. The van der Waals surface area contributed by atoms with E-state index in [2.05, 4.69) is 19.9 Å². The van der Waals surface area contributed by atoms with Crippen molar-refractivity contribution in [1.82, 2.24) is 19.9 Å². The molecule has 27 heavy (non-hydrogen) atoms. The average molecular weight is 358 g/mol. The van der Waals surface area contributed by atoms with Crippen molar-refractivity contribution in [3.05, 3.63) is 83.4 Å². The van der Waals surface area contributed by atoms with Crippen LogP contribution in [-0.2, 0) is 0 Å². The van der Waals surface area contributed by atoms with Crippen LogP contribution in [0.1, 0.15) is 40.5 Å². The molecule has 1 atom stereocenters. The van der Waals surface area contributed by atoms with Crippen LogP contribution in [0, 0.1) is 13.8 Å². The van der Waals surface area contributed by atoms with Crippen molar-refractivity contribution in [3.8, 4) is 5.69 Å². The molecular formula is C22H22N4O. The summed E-state index contributed by atoms with van der Waals surface area (Å²) in [6.07, 6.45) is 0. The highest BCUT2D eigenvalue weighted by Gasteiger charge is 2.20. The molecule has 0 saturated heterocycles. The molecule has 0 fully saturated rings. The van der Waals surface area contributed by atoms with Crippen LogP contribution < -0.4 is 5.32 Å². The highest BCUT2D eigenvalue weighted by atomic mass is 16.1. The minimum absolute atomic E-state index is 0.0989. The topological polar surface area (TPSA) is 62.7 Å². The lowest BCUT2D eigenvalue weighted by molar-refractivity contribution is 0.0938. The van der Waals surface area contributed by atoms with Crippen LogP contribution >= 0.6 is 0 Å². The van der Waals surface area contributed by atoms with Crippen molar-refractivity contribution in [2.45, 2.75) is 26.8 Å². The van der Waals surface area contributed by atoms with Crippen molar-refractivity contribution in [2.75, 3.05) is 0 Å². The third-order valence-corrected chi connectivity index (χ3v) is 4.86. The van der Waals surface area contributed by atoms with Crippen molar-refractivity contribution in [3.63, 3.8) is 0 Å². The predicted octanol–water partition coefficient (Wildman–Crippen LogP) is 4.46. The van der Waals surface area contributed by atoms with Gasteiger partial charge >= 0.3 is 0 Å². The number of imidazole rings is 1. The Morgan fingerprint density at radius 1 is 1.07 bits per heavy atom. The summed E-state index contributed by atoms with van der Waals surface area (Å²) in [4.78, 5) is 20.8. The van der Waals surface area contributed by atoms with Crippen LogP contribution in [0.4, 0.5) is 0 Å². The number of aromatic nitrogens is 3. The molecule has 5 nitrogen and oxygen atoms in total. The van der Waals surface area contributed by atoms with E-state index in [4.69, 9.17) is 0 Å². The number of amides is 1. The molecule has 0 saturated carbocycles. The molecule has 2 N–H and O–H groups in total. The Balaban J connectivity index is 1.60. The molecular weight excluding hydrogens is 336 g/mol. The maximum Gasteiger partial charge on any atom is 0.253 e. The minimum Gasteiger partial charge on any atom is -0.342 e. The SMILES string of the molecule is Cc1cc(C(=O)NC(C)c2nc3ccccc3[nH]2)c(C)n1-c1ccccc1. The Bertz CT molecular complexity index is 1080. The number of rotatable bonds is 4. The van der Waals surface area contributed by atoms with E-state index in [-0.39, 0.29) is 11.9 Å². The Hall–Kier alpha value is -3.34. The third-order valence-electron chi connectivity index (χ3n) is 4.86. The molecule has 4 aromatic rings. The molecule has 5 heteroatoms. The van der Waals surface area contributed by atoms with E-state index in [1.807, 2.05) is 81.4 Å².